The predicted octanol–water partition coefficient (Wildman–Crippen LogP) is 4.22. The number of nitrogens with one attached hydrogen (secondary N) is 2. The summed E-state index contributed by atoms with van der Waals surface area (Å²) < 4.78 is 14.1. The Labute approximate surface area is 169 Å². The maximum atomic E-state index is 14.1. The zero-order chi connectivity index (χ0) is 20.6. The van der Waals surface area contributed by atoms with Gasteiger partial charge in [-0.25, -0.2) is 4.39 Å². The molecular formula is C24H21FN2O2. The second-order valence-corrected chi connectivity index (χ2v) is 6.57. The van der Waals surface area contributed by atoms with Crippen LogP contribution in [0.3, 0.4) is 0 Å². The Kier molecular flexibility index (Phi) is 6.53. The van der Waals surface area contributed by atoms with Crippen LogP contribution in [0.25, 0.3) is 6.08 Å². The van der Waals surface area contributed by atoms with Crippen molar-refractivity contribution in [2.75, 3.05) is 0 Å². The molecule has 0 spiro atoms. The number of amides is 2. The largest absolute Gasteiger partial charge is 0.347 e. The van der Waals surface area contributed by atoms with Crippen LogP contribution >= 0.6 is 0 Å². The summed E-state index contributed by atoms with van der Waals surface area (Å²) in [5.41, 5.74) is 2.52. The Hall–Kier alpha value is -3.73. The number of benzene rings is 3. The molecule has 0 bridgehead atoms. The minimum Gasteiger partial charge on any atom is -0.347 e. The summed E-state index contributed by atoms with van der Waals surface area (Å²) in [5.74, 6) is -1.43. The van der Waals surface area contributed by atoms with Crippen molar-refractivity contribution in [3.05, 3.63) is 113 Å². The minimum atomic E-state index is -0.502. The first-order chi connectivity index (χ1) is 14.0. The third-order valence-electron chi connectivity index (χ3n) is 4.31. The molecule has 3 aromatic rings. The molecule has 0 saturated carbocycles. The molecule has 2 N–H and O–H groups in total. The van der Waals surface area contributed by atoms with Crippen LogP contribution in [0.15, 0.2) is 84.6 Å². The van der Waals surface area contributed by atoms with E-state index in [1.807, 2.05) is 49.4 Å². The first kappa shape index (κ1) is 20.0. The van der Waals surface area contributed by atoms with Crippen LogP contribution in [0.4, 0.5) is 4.39 Å². The van der Waals surface area contributed by atoms with Crippen LogP contribution in [0, 0.1) is 12.7 Å². The van der Waals surface area contributed by atoms with Gasteiger partial charge in [0.1, 0.15) is 11.5 Å². The summed E-state index contributed by atoms with van der Waals surface area (Å²) in [6.45, 7) is 2.21. The molecule has 2 amide bonds. The summed E-state index contributed by atoms with van der Waals surface area (Å²) in [6.07, 6.45) is 1.34. The smallest absolute Gasteiger partial charge is 0.268 e. The van der Waals surface area contributed by atoms with Crippen molar-refractivity contribution in [2.45, 2.75) is 13.5 Å². The van der Waals surface area contributed by atoms with Crippen molar-refractivity contribution in [3.63, 3.8) is 0 Å². The molecule has 0 heterocycles. The van der Waals surface area contributed by atoms with E-state index in [1.165, 1.54) is 18.2 Å². The highest BCUT2D eigenvalue weighted by Gasteiger charge is 2.15. The van der Waals surface area contributed by atoms with Crippen molar-refractivity contribution < 1.29 is 14.0 Å². The van der Waals surface area contributed by atoms with Gasteiger partial charge in [-0.3, -0.25) is 9.59 Å². The van der Waals surface area contributed by atoms with E-state index in [2.05, 4.69) is 10.6 Å². The van der Waals surface area contributed by atoms with E-state index >= 15 is 0 Å². The molecule has 3 aromatic carbocycles. The third-order valence-corrected chi connectivity index (χ3v) is 4.31. The van der Waals surface area contributed by atoms with Crippen molar-refractivity contribution in [1.29, 1.82) is 0 Å². The van der Waals surface area contributed by atoms with Crippen molar-refractivity contribution in [2.24, 2.45) is 0 Å². The second kappa shape index (κ2) is 9.46. The molecule has 0 fully saturated rings. The molecule has 3 rings (SSSR count). The first-order valence-corrected chi connectivity index (χ1v) is 9.19. The number of hydrogen-bond acceptors (Lipinski definition) is 2. The minimum absolute atomic E-state index is 0.0309. The lowest BCUT2D eigenvalue weighted by atomic mass is 10.1. The Morgan fingerprint density at radius 3 is 2.24 bits per heavy atom. The first-order valence-electron chi connectivity index (χ1n) is 9.19. The molecule has 4 nitrogen and oxygen atoms in total. The van der Waals surface area contributed by atoms with Crippen LogP contribution in [0.5, 0.6) is 0 Å². The maximum absolute atomic E-state index is 14.1. The molecule has 0 aliphatic heterocycles. The van der Waals surface area contributed by atoms with Crippen LogP contribution in [-0.4, -0.2) is 11.8 Å². The average Bonchev–Trinajstić information content (AvgIpc) is 2.74. The van der Waals surface area contributed by atoms with Crippen LogP contribution in [0.2, 0.25) is 0 Å². The average molecular weight is 388 g/mol. The molecule has 0 atom stereocenters. The third kappa shape index (κ3) is 5.62. The second-order valence-electron chi connectivity index (χ2n) is 6.57. The SMILES string of the molecule is Cc1ccc(C(=O)N/C(=C\c2ccccc2F)C(=O)NCc2ccccc2)cc1. The highest BCUT2D eigenvalue weighted by Crippen LogP contribution is 2.12. The molecule has 0 saturated heterocycles. The summed E-state index contributed by atoms with van der Waals surface area (Å²) in [4.78, 5) is 25.3. The lowest BCUT2D eigenvalue weighted by Gasteiger charge is -2.12. The summed E-state index contributed by atoms with van der Waals surface area (Å²) >= 11 is 0. The van der Waals surface area contributed by atoms with Gasteiger partial charge in [0.05, 0.1) is 0 Å². The Morgan fingerprint density at radius 2 is 1.55 bits per heavy atom. The van der Waals surface area contributed by atoms with Crippen molar-refractivity contribution >= 4 is 17.9 Å². The topological polar surface area (TPSA) is 58.2 Å². The van der Waals surface area contributed by atoms with Gasteiger partial charge in [-0.2, -0.15) is 0 Å². The highest BCUT2D eigenvalue weighted by molar-refractivity contribution is 6.05. The molecule has 5 heteroatoms. The Balaban J connectivity index is 1.83. The number of carbonyl (C=O) groups excluding carboxylic acids is 2. The summed E-state index contributed by atoms with van der Waals surface area (Å²) in [7, 11) is 0. The van der Waals surface area contributed by atoms with E-state index in [0.29, 0.717) is 5.56 Å². The lowest BCUT2D eigenvalue weighted by molar-refractivity contribution is -0.117. The van der Waals surface area contributed by atoms with Gasteiger partial charge in [-0.15, -0.1) is 0 Å². The molecular weight excluding hydrogens is 367 g/mol. The predicted molar refractivity (Wildman–Crippen MR) is 111 cm³/mol. The molecule has 146 valence electrons. The van der Waals surface area contributed by atoms with E-state index < -0.39 is 17.6 Å². The van der Waals surface area contributed by atoms with Gasteiger partial charge in [0.15, 0.2) is 0 Å². The van der Waals surface area contributed by atoms with E-state index in [1.54, 1.807) is 24.3 Å². The number of aryl methyl sites for hydroxylation is 1. The van der Waals surface area contributed by atoms with Gasteiger partial charge in [0.2, 0.25) is 0 Å². The van der Waals surface area contributed by atoms with Gasteiger partial charge in [0.25, 0.3) is 11.8 Å². The standard InChI is InChI=1S/C24H21FN2O2/c1-17-11-13-19(14-12-17)23(28)27-22(15-20-9-5-6-10-21(20)25)24(29)26-16-18-7-3-2-4-8-18/h2-15H,16H2,1H3,(H,26,29)(H,27,28)/b22-15-. The van der Waals surface area contributed by atoms with Crippen molar-refractivity contribution in [1.82, 2.24) is 10.6 Å². The van der Waals surface area contributed by atoms with Crippen LogP contribution < -0.4 is 10.6 Å². The van der Waals surface area contributed by atoms with E-state index in [4.69, 9.17) is 0 Å². The Morgan fingerprint density at radius 1 is 0.897 bits per heavy atom. The quantitative estimate of drug-likeness (QED) is 0.621. The van der Waals surface area contributed by atoms with Gasteiger partial charge in [0, 0.05) is 17.7 Å². The molecule has 0 aliphatic rings. The fraction of sp³-hybridized carbons (Fsp3) is 0.0833. The monoisotopic (exact) mass is 388 g/mol. The molecule has 0 unspecified atom stereocenters. The molecule has 0 aliphatic carbocycles. The number of rotatable bonds is 6. The zero-order valence-corrected chi connectivity index (χ0v) is 16.0. The zero-order valence-electron chi connectivity index (χ0n) is 16.0. The Bertz CT molecular complexity index is 1030. The molecule has 29 heavy (non-hydrogen) atoms. The van der Waals surface area contributed by atoms with Gasteiger partial charge in [-0.1, -0.05) is 66.2 Å². The van der Waals surface area contributed by atoms with Gasteiger partial charge >= 0.3 is 0 Å². The van der Waals surface area contributed by atoms with Crippen LogP contribution in [0.1, 0.15) is 27.0 Å². The highest BCUT2D eigenvalue weighted by atomic mass is 19.1. The van der Waals surface area contributed by atoms with Gasteiger partial charge < -0.3 is 10.6 Å². The summed E-state index contributed by atoms with van der Waals surface area (Å²) in [6, 6.07) is 22.4. The van der Waals surface area contributed by atoms with Gasteiger partial charge in [-0.05, 0) is 36.8 Å². The number of hydrogen-bond donors (Lipinski definition) is 2. The molecule has 0 radical (unpaired) electrons. The van der Waals surface area contributed by atoms with E-state index in [0.717, 1.165) is 11.1 Å². The van der Waals surface area contributed by atoms with Crippen molar-refractivity contribution in [3.8, 4) is 0 Å². The fourth-order valence-electron chi connectivity index (χ4n) is 2.68. The fourth-order valence-corrected chi connectivity index (χ4v) is 2.68. The maximum Gasteiger partial charge on any atom is 0.268 e. The van der Waals surface area contributed by atoms with E-state index in [-0.39, 0.29) is 17.8 Å². The lowest BCUT2D eigenvalue weighted by Crippen LogP contribution is -2.34. The number of halogens is 1. The number of carbonyl (C=O) groups is 2. The molecule has 0 aromatic heterocycles. The summed E-state index contributed by atoms with van der Waals surface area (Å²) in [5, 5.41) is 5.37. The normalized spacial score (nSPS) is 11.0. The van der Waals surface area contributed by atoms with Crippen LogP contribution in [-0.2, 0) is 11.3 Å². The van der Waals surface area contributed by atoms with E-state index in [9.17, 15) is 14.0 Å².